The molecule has 0 unspecified atom stereocenters. The van der Waals surface area contributed by atoms with Crippen molar-refractivity contribution in [2.75, 3.05) is 25.4 Å². The second-order valence-electron chi connectivity index (χ2n) is 6.90. The second kappa shape index (κ2) is 8.38. The van der Waals surface area contributed by atoms with Crippen LogP contribution in [-0.4, -0.2) is 45.3 Å². The first-order valence-corrected chi connectivity index (χ1v) is 9.72. The summed E-state index contributed by atoms with van der Waals surface area (Å²) < 4.78 is 0. The topological polar surface area (TPSA) is 75.3 Å². The van der Waals surface area contributed by atoms with Crippen molar-refractivity contribution in [2.24, 2.45) is 0 Å². The molecule has 6 nitrogen and oxygen atoms in total. The van der Waals surface area contributed by atoms with E-state index in [1.807, 2.05) is 52.3 Å². The fraction of sp³-hybridized carbons (Fsp3) is 0.227. The van der Waals surface area contributed by atoms with Crippen LogP contribution in [0, 0.1) is 12.0 Å². The number of nitrogens with two attached hydrogens (primary N) is 1. The van der Waals surface area contributed by atoms with Gasteiger partial charge in [-0.25, -0.2) is 9.97 Å². The van der Waals surface area contributed by atoms with Crippen LogP contribution in [0.3, 0.4) is 0 Å². The molecule has 0 bridgehead atoms. The maximum atomic E-state index is 12.6. The Morgan fingerprint density at radius 2 is 2.00 bits per heavy atom. The number of nitrogens with zero attached hydrogens (tertiary/aromatic N) is 4. The van der Waals surface area contributed by atoms with Crippen molar-refractivity contribution in [3.8, 4) is 12.0 Å². The number of hydrogen-bond acceptors (Lipinski definition) is 5. The van der Waals surface area contributed by atoms with Crippen LogP contribution in [-0.2, 0) is 17.8 Å². The molecule has 0 spiro atoms. The zero-order chi connectivity index (χ0) is 20.2. The molecule has 2 aromatic carbocycles. The summed E-state index contributed by atoms with van der Waals surface area (Å²) in [7, 11) is 0. The van der Waals surface area contributed by atoms with Crippen LogP contribution < -0.4 is 5.73 Å². The number of carbonyl (C=O) groups is 1. The van der Waals surface area contributed by atoms with Crippen LogP contribution in [0.4, 0.5) is 5.82 Å². The van der Waals surface area contributed by atoms with Gasteiger partial charge in [-0.2, -0.15) is 0 Å². The minimum absolute atomic E-state index is 0.0607. The van der Waals surface area contributed by atoms with Crippen molar-refractivity contribution in [1.82, 2.24) is 19.8 Å². The number of rotatable bonds is 3. The molecule has 4 rings (SSSR count). The van der Waals surface area contributed by atoms with E-state index in [1.165, 1.54) is 6.33 Å². The zero-order valence-electron chi connectivity index (χ0n) is 15.8. The lowest BCUT2D eigenvalue weighted by atomic mass is 10.1. The van der Waals surface area contributed by atoms with Crippen LogP contribution in [0.25, 0.3) is 10.9 Å². The van der Waals surface area contributed by atoms with Gasteiger partial charge < -0.3 is 15.5 Å². The number of amides is 1. The van der Waals surface area contributed by atoms with E-state index in [0.29, 0.717) is 36.9 Å². The summed E-state index contributed by atoms with van der Waals surface area (Å²) in [5, 5.41) is 1.53. The number of carbonyl (C=O) groups excluding carboxylic acids is 1. The van der Waals surface area contributed by atoms with Crippen molar-refractivity contribution in [1.29, 1.82) is 0 Å². The van der Waals surface area contributed by atoms with E-state index in [0.717, 1.165) is 22.0 Å². The molecule has 1 aliphatic rings. The fourth-order valence-corrected chi connectivity index (χ4v) is 3.50. The molecule has 1 aromatic heterocycles. The van der Waals surface area contributed by atoms with Gasteiger partial charge in [-0.05, 0) is 29.3 Å². The maximum absolute atomic E-state index is 12.6. The van der Waals surface area contributed by atoms with Crippen LogP contribution in [0.15, 0.2) is 48.8 Å². The highest BCUT2D eigenvalue weighted by Crippen LogP contribution is 2.19. The van der Waals surface area contributed by atoms with Crippen LogP contribution in [0.5, 0.6) is 0 Å². The molecular formula is C22H20ClN5O. The average molecular weight is 406 g/mol. The Hall–Kier alpha value is -3.30. The number of halogens is 1. The molecule has 2 heterocycles. The van der Waals surface area contributed by atoms with E-state index in [2.05, 4.69) is 21.9 Å². The molecule has 7 heteroatoms. The number of anilines is 1. The maximum Gasteiger partial charge on any atom is 0.243 e. The Morgan fingerprint density at radius 3 is 2.83 bits per heavy atom. The normalized spacial score (nSPS) is 14.0. The predicted molar refractivity (Wildman–Crippen MR) is 114 cm³/mol. The Balaban J connectivity index is 1.37. The summed E-state index contributed by atoms with van der Waals surface area (Å²) in [6.07, 6.45) is 2.02. The number of fused-ring (bicyclic) bond motifs is 1. The first-order chi connectivity index (χ1) is 14.1. The first kappa shape index (κ1) is 19.0. The largest absolute Gasteiger partial charge is 0.383 e. The lowest BCUT2D eigenvalue weighted by molar-refractivity contribution is -0.135. The molecule has 1 fully saturated rings. The third kappa shape index (κ3) is 4.41. The monoisotopic (exact) mass is 405 g/mol. The lowest BCUT2D eigenvalue weighted by Crippen LogP contribution is -2.48. The van der Waals surface area contributed by atoms with Crippen LogP contribution >= 0.6 is 11.6 Å². The Bertz CT molecular complexity index is 1120. The number of nitrogen functional groups attached to an aromatic ring is 1. The van der Waals surface area contributed by atoms with Crippen molar-refractivity contribution < 1.29 is 4.79 Å². The molecule has 29 heavy (non-hydrogen) atoms. The van der Waals surface area contributed by atoms with Crippen molar-refractivity contribution in [3.05, 3.63) is 64.9 Å². The molecule has 1 amide bonds. The van der Waals surface area contributed by atoms with Gasteiger partial charge in [0, 0.05) is 42.5 Å². The summed E-state index contributed by atoms with van der Waals surface area (Å²) in [5.74, 6) is 3.64. The molecule has 0 atom stereocenters. The van der Waals surface area contributed by atoms with Gasteiger partial charge in [-0.3, -0.25) is 4.79 Å². The van der Waals surface area contributed by atoms with Gasteiger partial charge >= 0.3 is 0 Å². The second-order valence-corrected chi connectivity index (χ2v) is 7.31. The zero-order valence-corrected chi connectivity index (χ0v) is 16.6. The Morgan fingerprint density at radius 1 is 1.14 bits per heavy atom. The van der Waals surface area contributed by atoms with E-state index >= 15 is 0 Å². The van der Waals surface area contributed by atoms with Gasteiger partial charge in [0.1, 0.15) is 18.7 Å². The van der Waals surface area contributed by atoms with Crippen molar-refractivity contribution in [2.45, 2.75) is 13.0 Å². The van der Waals surface area contributed by atoms with E-state index < -0.39 is 0 Å². The number of aromatic nitrogens is 2. The van der Waals surface area contributed by atoms with E-state index in [4.69, 9.17) is 17.3 Å². The predicted octanol–water partition coefficient (Wildman–Crippen LogP) is 2.71. The van der Waals surface area contributed by atoms with Gasteiger partial charge in [-0.1, -0.05) is 41.8 Å². The van der Waals surface area contributed by atoms with Gasteiger partial charge in [0.15, 0.2) is 0 Å². The van der Waals surface area contributed by atoms with E-state index in [9.17, 15) is 4.79 Å². The third-order valence-corrected chi connectivity index (χ3v) is 5.27. The molecule has 3 aromatic rings. The number of hydrogen-bond donors (Lipinski definition) is 1. The summed E-state index contributed by atoms with van der Waals surface area (Å²) in [6.45, 7) is 2.17. The number of benzene rings is 2. The summed E-state index contributed by atoms with van der Waals surface area (Å²) in [6, 6.07) is 16.6. The van der Waals surface area contributed by atoms with E-state index in [1.54, 1.807) is 0 Å². The molecule has 1 saturated heterocycles. The molecule has 2 N–H and O–H groups in total. The van der Waals surface area contributed by atoms with E-state index in [-0.39, 0.29) is 12.5 Å². The molecule has 1 aliphatic heterocycles. The first-order valence-electron chi connectivity index (χ1n) is 9.34. The van der Waals surface area contributed by atoms with Crippen molar-refractivity contribution >= 4 is 34.2 Å². The minimum atomic E-state index is 0.0607. The lowest BCUT2D eigenvalue weighted by Gasteiger charge is -2.32. The summed E-state index contributed by atoms with van der Waals surface area (Å²) >= 11 is 6.15. The Labute approximate surface area is 174 Å². The minimum Gasteiger partial charge on any atom is -0.383 e. The third-order valence-electron chi connectivity index (χ3n) is 4.90. The highest BCUT2D eigenvalue weighted by Gasteiger charge is 2.22. The van der Waals surface area contributed by atoms with Gasteiger partial charge in [-0.15, -0.1) is 0 Å². The van der Waals surface area contributed by atoms with Crippen molar-refractivity contribution in [3.63, 3.8) is 0 Å². The quantitative estimate of drug-likeness (QED) is 0.678. The SMILES string of the molecule is Nc1ncnc2cc(CN3CCN(C#CCc4ccccc4Cl)CC3=O)ccc12. The standard InChI is InChI=1S/C22H20ClN5O/c23-19-6-2-1-4-17(19)5-3-9-27-10-11-28(21(29)14-27)13-16-7-8-18-20(12-16)25-15-26-22(18)24/h1-2,4,6-8,12,15H,5,10-11,13-14H2,(H2,24,25,26). The molecule has 0 radical (unpaired) electrons. The summed E-state index contributed by atoms with van der Waals surface area (Å²) in [5.41, 5.74) is 8.66. The molecule has 146 valence electrons. The van der Waals surface area contributed by atoms with Crippen LogP contribution in [0.1, 0.15) is 11.1 Å². The number of piperazine rings is 1. The Kier molecular flexibility index (Phi) is 5.50. The fourth-order valence-electron chi connectivity index (χ4n) is 3.30. The molecular weight excluding hydrogens is 386 g/mol. The molecule has 0 aliphatic carbocycles. The highest BCUT2D eigenvalue weighted by molar-refractivity contribution is 6.31. The average Bonchev–Trinajstić information content (AvgIpc) is 2.71. The van der Waals surface area contributed by atoms with Crippen LogP contribution in [0.2, 0.25) is 5.02 Å². The highest BCUT2D eigenvalue weighted by atomic mass is 35.5. The van der Waals surface area contributed by atoms with Gasteiger partial charge in [0.05, 0.1) is 5.52 Å². The van der Waals surface area contributed by atoms with Gasteiger partial charge in [0.25, 0.3) is 0 Å². The smallest absolute Gasteiger partial charge is 0.243 e. The molecule has 0 saturated carbocycles. The van der Waals surface area contributed by atoms with Gasteiger partial charge in [0.2, 0.25) is 5.91 Å². The summed E-state index contributed by atoms with van der Waals surface area (Å²) in [4.78, 5) is 24.5.